The Morgan fingerprint density at radius 1 is 0.465 bits per heavy atom. The van der Waals surface area contributed by atoms with E-state index >= 15 is 0 Å². The van der Waals surface area contributed by atoms with Crippen LogP contribution in [0, 0.1) is 0 Å². The van der Waals surface area contributed by atoms with Crippen molar-refractivity contribution in [2.75, 3.05) is 0 Å². The molecule has 0 aliphatic rings. The van der Waals surface area contributed by atoms with Gasteiger partial charge in [0.25, 0.3) is 16.7 Å². The van der Waals surface area contributed by atoms with E-state index in [-0.39, 0.29) is 53.5 Å². The molecule has 6 aromatic rings. The van der Waals surface area contributed by atoms with Gasteiger partial charge in [-0.25, -0.2) is 34.2 Å². The maximum Gasteiger partial charge on any atom is 0.332 e. The van der Waals surface area contributed by atoms with Gasteiger partial charge in [0.15, 0.2) is 33.5 Å². The first-order chi connectivity index (χ1) is 20.3. The zero-order chi connectivity index (χ0) is 31.1. The summed E-state index contributed by atoms with van der Waals surface area (Å²) in [5, 5.41) is 0. The molecule has 0 aliphatic carbocycles. The van der Waals surface area contributed by atoms with Crippen LogP contribution in [0.1, 0.15) is 0 Å². The Bertz CT molecular complexity index is 2210. The summed E-state index contributed by atoms with van der Waals surface area (Å²) in [5.74, 6) is 0. The van der Waals surface area contributed by atoms with Crippen molar-refractivity contribution < 1.29 is 0 Å². The van der Waals surface area contributed by atoms with Crippen molar-refractivity contribution in [2.45, 2.75) is 20.0 Å². The number of fused-ring (bicyclic) bond motifs is 3. The molecule has 0 saturated heterocycles. The van der Waals surface area contributed by atoms with Crippen LogP contribution in [0.5, 0.6) is 0 Å². The third-order valence-electron chi connectivity index (χ3n) is 7.71. The van der Waals surface area contributed by atoms with Gasteiger partial charge in [0.1, 0.15) is 0 Å². The van der Waals surface area contributed by atoms with Crippen molar-refractivity contribution in [3.05, 3.63) is 81.5 Å². The molecule has 6 aromatic heterocycles. The molecule has 0 radical (unpaired) electrons. The number of hydrogen-bond acceptors (Lipinski definition) is 10. The molecule has 0 N–H and O–H groups in total. The van der Waals surface area contributed by atoms with Crippen LogP contribution in [0.2, 0.25) is 0 Å². The maximum absolute atomic E-state index is 13.1. The molecule has 224 valence electrons. The fraction of sp³-hybridized carbons (Fsp3) is 0.375. The fourth-order valence-electron chi connectivity index (χ4n) is 5.29. The van der Waals surface area contributed by atoms with Crippen LogP contribution < -0.4 is 33.7 Å². The van der Waals surface area contributed by atoms with E-state index in [0.29, 0.717) is 0 Å². The molecule has 0 aromatic carbocycles. The highest BCUT2D eigenvalue weighted by molar-refractivity contribution is 5.71. The molecule has 19 heteroatoms. The summed E-state index contributed by atoms with van der Waals surface area (Å²) in [4.78, 5) is 91.4. The Morgan fingerprint density at radius 3 is 0.977 bits per heavy atom. The van der Waals surface area contributed by atoms with Crippen molar-refractivity contribution in [3.8, 4) is 0 Å². The van der Waals surface area contributed by atoms with Crippen molar-refractivity contribution in [2.24, 2.45) is 42.3 Å². The van der Waals surface area contributed by atoms with Gasteiger partial charge in [-0.3, -0.25) is 41.8 Å². The molecule has 0 fully saturated rings. The topological polar surface area (TPSA) is 189 Å². The zero-order valence-electron chi connectivity index (χ0n) is 24.1. The SMILES string of the molecule is Cn1c(=O)c2c(ncn2CN(Cn2cnc3c2c(=O)n(C)c(=O)n3C)Cn2cnc3c2c(=O)n(C)c(=O)n3C)n(C)c1=O. The molecule has 19 nitrogen and oxygen atoms in total. The molecule has 0 amide bonds. The highest BCUT2D eigenvalue weighted by atomic mass is 16.2. The highest BCUT2D eigenvalue weighted by Gasteiger charge is 2.21. The smallest absolute Gasteiger partial charge is 0.311 e. The van der Waals surface area contributed by atoms with Gasteiger partial charge in [0, 0.05) is 42.3 Å². The van der Waals surface area contributed by atoms with Crippen molar-refractivity contribution in [1.82, 2.24) is 61.0 Å². The lowest BCUT2D eigenvalue weighted by atomic mass is 10.5. The molecule has 6 heterocycles. The Kier molecular flexibility index (Phi) is 6.08. The van der Waals surface area contributed by atoms with E-state index in [1.165, 1.54) is 75.0 Å². The molecule has 0 unspecified atom stereocenters. The van der Waals surface area contributed by atoms with Crippen molar-refractivity contribution >= 4 is 33.5 Å². The van der Waals surface area contributed by atoms with Crippen LogP contribution in [-0.2, 0) is 62.3 Å². The molecule has 0 spiro atoms. The quantitative estimate of drug-likeness (QED) is 0.187. The molecular weight excluding hydrogens is 566 g/mol. The number of aromatic nitrogens is 12. The zero-order valence-corrected chi connectivity index (χ0v) is 24.1. The predicted molar refractivity (Wildman–Crippen MR) is 152 cm³/mol. The van der Waals surface area contributed by atoms with E-state index in [9.17, 15) is 28.8 Å². The molecule has 0 atom stereocenters. The van der Waals surface area contributed by atoms with Crippen LogP contribution in [0.25, 0.3) is 33.5 Å². The summed E-state index contributed by atoms with van der Waals surface area (Å²) in [6.45, 7) is 0.00431. The van der Waals surface area contributed by atoms with E-state index in [2.05, 4.69) is 15.0 Å². The van der Waals surface area contributed by atoms with Gasteiger partial charge < -0.3 is 13.7 Å². The standard InChI is InChI=1S/C24H27N13O6/c1-28-16-13(19(38)31(4)22(28)41)35(7-25-16)10-34(11-36-8-26-17-14(36)20(39)32(5)23(42)29(17)2)12-37-9-27-18-15(37)21(40)33(6)24(43)30(18)3/h7-9H,10-12H2,1-6H3. The lowest BCUT2D eigenvalue weighted by Crippen LogP contribution is -2.40. The average molecular weight is 594 g/mol. The molecule has 6 rings (SSSR count). The summed E-state index contributed by atoms with van der Waals surface area (Å²) in [7, 11) is 8.63. The van der Waals surface area contributed by atoms with Gasteiger partial charge in [-0.2, -0.15) is 0 Å². The van der Waals surface area contributed by atoms with Crippen LogP contribution >= 0.6 is 0 Å². The first kappa shape index (κ1) is 27.6. The molecule has 0 bridgehead atoms. The van der Waals surface area contributed by atoms with E-state index < -0.39 is 33.7 Å². The van der Waals surface area contributed by atoms with Gasteiger partial charge in [-0.15, -0.1) is 0 Å². The summed E-state index contributed by atoms with van der Waals surface area (Å²) in [6, 6.07) is 0. The summed E-state index contributed by atoms with van der Waals surface area (Å²) < 4.78 is 11.4. The van der Waals surface area contributed by atoms with E-state index in [0.717, 1.165) is 13.7 Å². The Labute approximate surface area is 238 Å². The van der Waals surface area contributed by atoms with Crippen molar-refractivity contribution in [3.63, 3.8) is 0 Å². The summed E-state index contributed by atoms with van der Waals surface area (Å²) in [5.41, 5.74) is -2.21. The molecule has 0 aliphatic heterocycles. The largest absolute Gasteiger partial charge is 0.332 e. The van der Waals surface area contributed by atoms with E-state index in [4.69, 9.17) is 0 Å². The number of aryl methyl sites for hydroxylation is 3. The minimum Gasteiger partial charge on any atom is -0.311 e. The first-order valence-corrected chi connectivity index (χ1v) is 12.9. The van der Waals surface area contributed by atoms with E-state index in [1.54, 1.807) is 18.6 Å². The minimum atomic E-state index is -0.551. The van der Waals surface area contributed by atoms with Crippen LogP contribution in [0.3, 0.4) is 0 Å². The van der Waals surface area contributed by atoms with Crippen LogP contribution in [0.15, 0.2) is 47.7 Å². The van der Waals surface area contributed by atoms with Crippen LogP contribution in [-0.4, -0.2) is 61.0 Å². The summed E-state index contributed by atoms with van der Waals surface area (Å²) in [6.07, 6.45) is 4.26. The van der Waals surface area contributed by atoms with Gasteiger partial charge >= 0.3 is 17.1 Å². The lowest BCUT2D eigenvalue weighted by molar-refractivity contribution is 0.133. The first-order valence-electron chi connectivity index (χ1n) is 12.9. The molecule has 0 saturated carbocycles. The van der Waals surface area contributed by atoms with Gasteiger partial charge in [-0.1, -0.05) is 0 Å². The fourth-order valence-corrected chi connectivity index (χ4v) is 5.29. The molecular formula is C24H27N13O6. The van der Waals surface area contributed by atoms with Crippen molar-refractivity contribution in [1.29, 1.82) is 0 Å². The predicted octanol–water partition coefficient (Wildman–Crippen LogP) is -3.50. The maximum atomic E-state index is 13.1. The van der Waals surface area contributed by atoms with E-state index in [1.807, 2.05) is 0 Å². The second-order valence-corrected chi connectivity index (χ2v) is 10.4. The highest BCUT2D eigenvalue weighted by Crippen LogP contribution is 2.14. The average Bonchev–Trinajstić information content (AvgIpc) is 3.72. The number of nitrogens with zero attached hydrogens (tertiary/aromatic N) is 13. The van der Waals surface area contributed by atoms with Gasteiger partial charge in [-0.05, 0) is 0 Å². The summed E-state index contributed by atoms with van der Waals surface area (Å²) >= 11 is 0. The normalized spacial score (nSPS) is 12.1. The monoisotopic (exact) mass is 593 g/mol. The second-order valence-electron chi connectivity index (χ2n) is 10.4. The van der Waals surface area contributed by atoms with Gasteiger partial charge in [0.2, 0.25) is 0 Å². The molecule has 43 heavy (non-hydrogen) atoms. The Morgan fingerprint density at radius 2 is 0.721 bits per heavy atom. The lowest BCUT2D eigenvalue weighted by Gasteiger charge is -2.24. The second kappa shape index (κ2) is 9.48. The number of imidazole rings is 3. The third-order valence-corrected chi connectivity index (χ3v) is 7.71. The number of rotatable bonds is 6. The number of hydrogen-bond donors (Lipinski definition) is 0. The third kappa shape index (κ3) is 3.88. The van der Waals surface area contributed by atoms with Gasteiger partial charge in [0.05, 0.1) is 39.0 Å². The van der Waals surface area contributed by atoms with Crippen LogP contribution in [0.4, 0.5) is 0 Å². The Balaban J connectivity index is 1.53. The minimum absolute atomic E-state index is 0.00144. The Hall–Kier alpha value is -5.59.